The van der Waals surface area contributed by atoms with Gasteiger partial charge in [-0.1, -0.05) is 40.2 Å². The second kappa shape index (κ2) is 8.96. The van der Waals surface area contributed by atoms with Crippen LogP contribution in [-0.2, 0) is 0 Å². The fourth-order valence-electron chi connectivity index (χ4n) is 2.60. The summed E-state index contributed by atoms with van der Waals surface area (Å²) in [5, 5.41) is 7.10. The average molecular weight is 429 g/mol. The molecule has 0 radical (unpaired) electrons. The highest BCUT2D eigenvalue weighted by Crippen LogP contribution is 2.26. The normalized spacial score (nSPS) is 11.0. The first-order chi connectivity index (χ1) is 12.7. The van der Waals surface area contributed by atoms with E-state index < -0.39 is 0 Å². The molecule has 0 aliphatic heterocycles. The van der Waals surface area contributed by atoms with Crippen molar-refractivity contribution < 1.29 is 0 Å². The monoisotopic (exact) mass is 428 g/mol. The highest BCUT2D eigenvalue weighted by Gasteiger charge is 2.04. The summed E-state index contributed by atoms with van der Waals surface area (Å²) in [6, 6.07) is 16.5. The lowest BCUT2D eigenvalue weighted by Crippen LogP contribution is -2.21. The van der Waals surface area contributed by atoms with Gasteiger partial charge in [-0.05, 0) is 43.7 Å². The molecule has 0 unspecified atom stereocenters. The van der Waals surface area contributed by atoms with Gasteiger partial charge in [0.15, 0.2) is 0 Å². The molecule has 134 valence electrons. The number of hydrogen-bond acceptors (Lipinski definition) is 5. The summed E-state index contributed by atoms with van der Waals surface area (Å²) in [5.74, 6) is 0. The minimum Gasteiger partial charge on any atom is -0.372 e. The second-order valence-corrected chi connectivity index (χ2v) is 7.45. The summed E-state index contributed by atoms with van der Waals surface area (Å²) in [4.78, 5) is 6.89. The van der Waals surface area contributed by atoms with Gasteiger partial charge in [0.1, 0.15) is 0 Å². The fourth-order valence-corrected chi connectivity index (χ4v) is 3.53. The first kappa shape index (κ1) is 18.6. The number of thiazole rings is 1. The summed E-state index contributed by atoms with van der Waals surface area (Å²) in [6.45, 7) is 6.35. The maximum Gasteiger partial charge on any atom is 0.203 e. The highest BCUT2D eigenvalue weighted by atomic mass is 79.9. The van der Waals surface area contributed by atoms with Crippen molar-refractivity contribution in [3.63, 3.8) is 0 Å². The van der Waals surface area contributed by atoms with E-state index >= 15 is 0 Å². The van der Waals surface area contributed by atoms with Crippen LogP contribution in [0.25, 0.3) is 11.3 Å². The van der Waals surface area contributed by atoms with Crippen molar-refractivity contribution in [1.82, 2.24) is 4.98 Å². The van der Waals surface area contributed by atoms with Crippen LogP contribution in [-0.4, -0.2) is 24.3 Å². The van der Waals surface area contributed by atoms with Crippen LogP contribution < -0.4 is 10.3 Å². The van der Waals surface area contributed by atoms with Crippen molar-refractivity contribution in [2.45, 2.75) is 13.8 Å². The van der Waals surface area contributed by atoms with E-state index in [1.54, 1.807) is 11.3 Å². The summed E-state index contributed by atoms with van der Waals surface area (Å²) >= 11 is 4.99. The van der Waals surface area contributed by atoms with Crippen LogP contribution in [0, 0.1) is 0 Å². The molecule has 1 N–H and O–H groups in total. The van der Waals surface area contributed by atoms with Crippen LogP contribution in [0.1, 0.15) is 19.4 Å². The predicted molar refractivity (Wildman–Crippen MR) is 116 cm³/mol. The predicted octanol–water partition coefficient (Wildman–Crippen LogP) is 5.86. The molecule has 4 nitrogen and oxygen atoms in total. The van der Waals surface area contributed by atoms with Crippen LogP contribution in [0.2, 0.25) is 0 Å². The molecule has 1 aromatic heterocycles. The van der Waals surface area contributed by atoms with Crippen LogP contribution in [0.3, 0.4) is 0 Å². The van der Waals surface area contributed by atoms with Crippen molar-refractivity contribution in [1.29, 1.82) is 0 Å². The van der Waals surface area contributed by atoms with Gasteiger partial charge >= 0.3 is 0 Å². The van der Waals surface area contributed by atoms with Crippen molar-refractivity contribution in [2.75, 3.05) is 23.4 Å². The third kappa shape index (κ3) is 4.71. The summed E-state index contributed by atoms with van der Waals surface area (Å²) in [6.07, 6.45) is 1.81. The van der Waals surface area contributed by atoms with E-state index in [0.29, 0.717) is 0 Å². The molecule has 3 aromatic rings. The molecule has 2 aromatic carbocycles. The molecule has 26 heavy (non-hydrogen) atoms. The Bertz CT molecular complexity index is 852. The standard InChI is InChI=1S/C20H21BrN4S/c1-3-25(4-2)18-11-5-15(6-12-18)13-22-24-20-23-19(14-26-20)16-7-9-17(21)10-8-16/h5-14H,3-4H2,1-2H3,(H,23,24)/b22-13-. The second-order valence-electron chi connectivity index (χ2n) is 5.68. The zero-order valence-corrected chi connectivity index (χ0v) is 17.2. The Kier molecular flexibility index (Phi) is 6.41. The van der Waals surface area contributed by atoms with Crippen LogP contribution in [0.15, 0.2) is 63.5 Å². The number of hydrazone groups is 1. The summed E-state index contributed by atoms with van der Waals surface area (Å²) in [5.41, 5.74) is 7.34. The summed E-state index contributed by atoms with van der Waals surface area (Å²) in [7, 11) is 0. The Hall–Kier alpha value is -2.18. The van der Waals surface area contributed by atoms with Gasteiger partial charge < -0.3 is 4.90 Å². The number of anilines is 2. The molecule has 0 saturated heterocycles. The van der Waals surface area contributed by atoms with E-state index in [9.17, 15) is 0 Å². The first-order valence-corrected chi connectivity index (χ1v) is 10.2. The van der Waals surface area contributed by atoms with Crippen molar-refractivity contribution in [3.05, 3.63) is 63.9 Å². The van der Waals surface area contributed by atoms with Gasteiger partial charge in [-0.15, -0.1) is 11.3 Å². The smallest absolute Gasteiger partial charge is 0.203 e. The van der Waals surface area contributed by atoms with Gasteiger partial charge in [0, 0.05) is 34.2 Å². The van der Waals surface area contributed by atoms with E-state index in [2.05, 4.69) is 74.5 Å². The lowest BCUT2D eigenvalue weighted by atomic mass is 10.2. The van der Waals surface area contributed by atoms with Gasteiger partial charge in [0.2, 0.25) is 5.13 Å². The maximum atomic E-state index is 4.57. The van der Waals surface area contributed by atoms with Crippen molar-refractivity contribution in [3.8, 4) is 11.3 Å². The van der Waals surface area contributed by atoms with Crippen LogP contribution in [0.4, 0.5) is 10.8 Å². The number of nitrogens with zero attached hydrogens (tertiary/aromatic N) is 3. The number of halogens is 1. The summed E-state index contributed by atoms with van der Waals surface area (Å²) < 4.78 is 1.06. The van der Waals surface area contributed by atoms with Crippen LogP contribution >= 0.6 is 27.3 Å². The van der Waals surface area contributed by atoms with Crippen molar-refractivity contribution in [2.24, 2.45) is 5.10 Å². The fraction of sp³-hybridized carbons (Fsp3) is 0.200. The van der Waals surface area contributed by atoms with Gasteiger partial charge in [0.05, 0.1) is 11.9 Å². The third-order valence-electron chi connectivity index (χ3n) is 4.04. The van der Waals surface area contributed by atoms with E-state index in [1.807, 2.05) is 35.9 Å². The lowest BCUT2D eigenvalue weighted by Gasteiger charge is -2.20. The quantitative estimate of drug-likeness (QED) is 0.378. The molecular formula is C20H21BrN4S. The Morgan fingerprint density at radius 1 is 1.08 bits per heavy atom. The van der Waals surface area contributed by atoms with Crippen LogP contribution in [0.5, 0.6) is 0 Å². The molecule has 0 atom stereocenters. The molecule has 0 saturated carbocycles. The molecule has 0 spiro atoms. The molecule has 6 heteroatoms. The zero-order valence-electron chi connectivity index (χ0n) is 14.8. The topological polar surface area (TPSA) is 40.5 Å². The number of rotatable bonds is 7. The number of aromatic nitrogens is 1. The Labute approximate surface area is 166 Å². The van der Waals surface area contributed by atoms with Gasteiger partial charge in [-0.3, -0.25) is 5.43 Å². The van der Waals surface area contributed by atoms with Gasteiger partial charge in [-0.2, -0.15) is 5.10 Å². The van der Waals surface area contributed by atoms with Gasteiger partial charge in [0.25, 0.3) is 0 Å². The molecule has 0 bridgehead atoms. The molecule has 0 fully saturated rings. The Balaban J connectivity index is 1.61. The molecule has 3 rings (SSSR count). The number of nitrogens with one attached hydrogen (secondary N) is 1. The first-order valence-electron chi connectivity index (χ1n) is 8.55. The van der Waals surface area contributed by atoms with E-state index in [4.69, 9.17) is 0 Å². The molecule has 1 heterocycles. The lowest BCUT2D eigenvalue weighted by molar-refractivity contribution is 0.866. The minimum atomic E-state index is 0.777. The highest BCUT2D eigenvalue weighted by molar-refractivity contribution is 9.10. The average Bonchev–Trinajstić information content (AvgIpc) is 3.13. The maximum absolute atomic E-state index is 4.57. The number of hydrogen-bond donors (Lipinski definition) is 1. The minimum absolute atomic E-state index is 0.777. The molecular weight excluding hydrogens is 408 g/mol. The zero-order chi connectivity index (χ0) is 18.4. The largest absolute Gasteiger partial charge is 0.372 e. The van der Waals surface area contributed by atoms with E-state index in [1.165, 1.54) is 5.69 Å². The van der Waals surface area contributed by atoms with E-state index in [0.717, 1.165) is 39.5 Å². The van der Waals surface area contributed by atoms with Gasteiger partial charge in [-0.25, -0.2) is 4.98 Å². The Morgan fingerprint density at radius 2 is 1.77 bits per heavy atom. The third-order valence-corrected chi connectivity index (χ3v) is 5.32. The molecule has 0 amide bonds. The number of benzene rings is 2. The molecule has 0 aliphatic carbocycles. The SMILES string of the molecule is CCN(CC)c1ccc(/C=N\Nc2nc(-c3ccc(Br)cc3)cs2)cc1. The Morgan fingerprint density at radius 3 is 2.42 bits per heavy atom. The van der Waals surface area contributed by atoms with Crippen molar-refractivity contribution >= 4 is 44.3 Å². The molecule has 0 aliphatic rings. The van der Waals surface area contributed by atoms with E-state index in [-0.39, 0.29) is 0 Å².